The van der Waals surface area contributed by atoms with Crippen LogP contribution in [0.3, 0.4) is 0 Å². The first-order valence-corrected chi connectivity index (χ1v) is 6.71. The Kier molecular flexibility index (Phi) is 4.30. The van der Waals surface area contributed by atoms with Crippen LogP contribution in [0.25, 0.3) is 11.1 Å². The van der Waals surface area contributed by atoms with Crippen molar-refractivity contribution in [2.45, 2.75) is 6.18 Å². The number of rotatable bonds is 2. The van der Waals surface area contributed by atoms with Crippen molar-refractivity contribution in [2.75, 3.05) is 7.11 Å². The Morgan fingerprint density at radius 2 is 1.85 bits per heavy atom. The van der Waals surface area contributed by atoms with Gasteiger partial charge in [0.1, 0.15) is 5.75 Å². The van der Waals surface area contributed by atoms with Crippen LogP contribution in [-0.4, -0.2) is 7.11 Å². The monoisotopic (exact) mass is 364 g/mol. The zero-order valence-corrected chi connectivity index (χ0v) is 12.6. The van der Waals surface area contributed by atoms with Crippen molar-refractivity contribution in [3.63, 3.8) is 0 Å². The number of halogens is 5. The van der Waals surface area contributed by atoms with Crippen molar-refractivity contribution in [3.05, 3.63) is 51.5 Å². The van der Waals surface area contributed by atoms with Gasteiger partial charge in [-0.05, 0) is 30.3 Å². The Bertz CT molecular complexity index is 621. The fourth-order valence-electron chi connectivity index (χ4n) is 1.83. The second-order valence-electron chi connectivity index (χ2n) is 4.01. The summed E-state index contributed by atoms with van der Waals surface area (Å²) in [6, 6.07) is 8.32. The molecule has 0 radical (unpaired) electrons. The first kappa shape index (κ1) is 15.2. The third-order valence-electron chi connectivity index (χ3n) is 2.76. The van der Waals surface area contributed by atoms with Crippen LogP contribution in [0.2, 0.25) is 5.02 Å². The lowest BCUT2D eigenvalue weighted by Gasteiger charge is -2.15. The van der Waals surface area contributed by atoms with Gasteiger partial charge in [0, 0.05) is 20.6 Å². The number of ether oxygens (including phenoxy) is 1. The quantitative estimate of drug-likeness (QED) is 0.654. The molecule has 2 aromatic carbocycles. The molecule has 0 spiro atoms. The number of methoxy groups -OCH3 is 1. The molecule has 0 aliphatic carbocycles. The molecular formula is C14H9BrClF3O. The maximum Gasteiger partial charge on any atom is 0.416 e. The highest BCUT2D eigenvalue weighted by Gasteiger charge is 2.31. The minimum Gasteiger partial charge on any atom is -0.496 e. The minimum absolute atomic E-state index is 0.291. The number of benzene rings is 2. The third-order valence-corrected chi connectivity index (χ3v) is 3.73. The summed E-state index contributed by atoms with van der Waals surface area (Å²) in [5.41, 5.74) is 0.0111. The van der Waals surface area contributed by atoms with E-state index in [0.29, 0.717) is 26.4 Å². The molecule has 1 nitrogen and oxygen atoms in total. The van der Waals surface area contributed by atoms with Crippen molar-refractivity contribution in [1.82, 2.24) is 0 Å². The SMILES string of the molecule is COc1ccc(C(F)(F)F)cc1-c1c(Cl)cccc1Br. The largest absolute Gasteiger partial charge is 0.496 e. The second kappa shape index (κ2) is 5.66. The lowest BCUT2D eigenvalue weighted by Crippen LogP contribution is -2.05. The topological polar surface area (TPSA) is 9.23 Å². The molecule has 0 aliphatic heterocycles. The van der Waals surface area contributed by atoms with E-state index in [-0.39, 0.29) is 0 Å². The van der Waals surface area contributed by atoms with Gasteiger partial charge >= 0.3 is 6.18 Å². The normalized spacial score (nSPS) is 11.5. The zero-order chi connectivity index (χ0) is 14.9. The highest BCUT2D eigenvalue weighted by Crippen LogP contribution is 2.42. The molecule has 0 atom stereocenters. The molecular weight excluding hydrogens is 357 g/mol. The number of hydrogen-bond donors (Lipinski definition) is 0. The molecule has 20 heavy (non-hydrogen) atoms. The van der Waals surface area contributed by atoms with Crippen LogP contribution in [0.15, 0.2) is 40.9 Å². The molecule has 0 fully saturated rings. The van der Waals surface area contributed by atoms with Gasteiger partial charge in [-0.15, -0.1) is 0 Å². The van der Waals surface area contributed by atoms with Gasteiger partial charge in [-0.3, -0.25) is 0 Å². The van der Waals surface area contributed by atoms with E-state index >= 15 is 0 Å². The van der Waals surface area contributed by atoms with Crippen LogP contribution >= 0.6 is 27.5 Å². The lowest BCUT2D eigenvalue weighted by molar-refractivity contribution is -0.137. The van der Waals surface area contributed by atoms with Gasteiger partial charge < -0.3 is 4.74 Å². The lowest BCUT2D eigenvalue weighted by atomic mass is 10.0. The summed E-state index contributed by atoms with van der Waals surface area (Å²) in [5, 5.41) is 0.344. The van der Waals surface area contributed by atoms with Crippen molar-refractivity contribution in [3.8, 4) is 16.9 Å². The van der Waals surface area contributed by atoms with Gasteiger partial charge in [-0.25, -0.2) is 0 Å². The molecule has 0 aromatic heterocycles. The maximum atomic E-state index is 12.8. The Balaban J connectivity index is 2.71. The van der Waals surface area contributed by atoms with Gasteiger partial charge in [-0.2, -0.15) is 13.2 Å². The van der Waals surface area contributed by atoms with E-state index in [2.05, 4.69) is 15.9 Å². The van der Waals surface area contributed by atoms with Crippen LogP contribution in [0.4, 0.5) is 13.2 Å². The van der Waals surface area contributed by atoms with Gasteiger partial charge in [-0.1, -0.05) is 33.6 Å². The van der Waals surface area contributed by atoms with Crippen LogP contribution in [-0.2, 0) is 6.18 Å². The molecule has 2 aromatic rings. The van der Waals surface area contributed by atoms with Crippen molar-refractivity contribution in [1.29, 1.82) is 0 Å². The van der Waals surface area contributed by atoms with Gasteiger partial charge in [0.05, 0.1) is 12.7 Å². The summed E-state index contributed by atoms with van der Waals surface area (Å²) in [7, 11) is 1.40. The van der Waals surface area contributed by atoms with E-state index in [4.69, 9.17) is 16.3 Å². The van der Waals surface area contributed by atoms with Crippen LogP contribution in [0.1, 0.15) is 5.56 Å². The molecule has 106 valence electrons. The Morgan fingerprint density at radius 1 is 1.15 bits per heavy atom. The van der Waals surface area contributed by atoms with Crippen molar-refractivity contribution < 1.29 is 17.9 Å². The highest BCUT2D eigenvalue weighted by molar-refractivity contribution is 9.10. The van der Waals surface area contributed by atoms with E-state index in [9.17, 15) is 13.2 Å². The minimum atomic E-state index is -4.42. The van der Waals surface area contributed by atoms with Crippen LogP contribution in [0, 0.1) is 0 Å². The number of alkyl halides is 3. The average molecular weight is 366 g/mol. The molecule has 0 saturated carbocycles. The average Bonchev–Trinajstić information content (AvgIpc) is 2.37. The predicted octanol–water partition coefficient (Wildman–Crippen LogP) is 5.80. The Hall–Kier alpha value is -1.20. The Morgan fingerprint density at radius 3 is 2.40 bits per heavy atom. The maximum absolute atomic E-state index is 12.8. The smallest absolute Gasteiger partial charge is 0.416 e. The van der Waals surface area contributed by atoms with Crippen LogP contribution < -0.4 is 4.74 Å². The van der Waals surface area contributed by atoms with Crippen molar-refractivity contribution >= 4 is 27.5 Å². The number of hydrogen-bond acceptors (Lipinski definition) is 1. The second-order valence-corrected chi connectivity index (χ2v) is 5.27. The molecule has 0 N–H and O–H groups in total. The summed E-state index contributed by atoms with van der Waals surface area (Å²) in [6.07, 6.45) is -4.42. The van der Waals surface area contributed by atoms with Crippen molar-refractivity contribution in [2.24, 2.45) is 0 Å². The van der Waals surface area contributed by atoms with E-state index in [1.165, 1.54) is 13.2 Å². The molecule has 2 rings (SSSR count). The third kappa shape index (κ3) is 2.94. The van der Waals surface area contributed by atoms with E-state index in [1.807, 2.05) is 0 Å². The summed E-state index contributed by atoms with van der Waals surface area (Å²) < 4.78 is 44.2. The molecule has 0 heterocycles. The molecule has 6 heteroatoms. The predicted molar refractivity (Wildman–Crippen MR) is 76.1 cm³/mol. The van der Waals surface area contributed by atoms with E-state index < -0.39 is 11.7 Å². The molecule has 0 amide bonds. The van der Waals surface area contributed by atoms with Gasteiger partial charge in [0.2, 0.25) is 0 Å². The summed E-state index contributed by atoms with van der Waals surface area (Å²) >= 11 is 9.39. The standard InChI is InChI=1S/C14H9BrClF3O/c1-20-12-6-5-8(14(17,18)19)7-9(12)13-10(15)3-2-4-11(13)16/h2-7H,1H3. The molecule has 0 unspecified atom stereocenters. The zero-order valence-electron chi connectivity index (χ0n) is 10.3. The first-order valence-electron chi connectivity index (χ1n) is 5.54. The molecule has 0 saturated heterocycles. The van der Waals surface area contributed by atoms with Gasteiger partial charge in [0.25, 0.3) is 0 Å². The fraction of sp³-hybridized carbons (Fsp3) is 0.143. The Labute approximate surface area is 127 Å². The summed E-state index contributed by atoms with van der Waals surface area (Å²) in [6.45, 7) is 0. The fourth-order valence-corrected chi connectivity index (χ4v) is 2.81. The molecule has 0 aliphatic rings. The highest BCUT2D eigenvalue weighted by atomic mass is 79.9. The van der Waals surface area contributed by atoms with E-state index in [0.717, 1.165) is 12.1 Å². The molecule has 0 bridgehead atoms. The van der Waals surface area contributed by atoms with Gasteiger partial charge in [0.15, 0.2) is 0 Å². The van der Waals surface area contributed by atoms with Crippen LogP contribution in [0.5, 0.6) is 5.75 Å². The summed E-state index contributed by atoms with van der Waals surface area (Å²) in [5.74, 6) is 0.326. The first-order chi connectivity index (χ1) is 9.34. The van der Waals surface area contributed by atoms with E-state index in [1.54, 1.807) is 18.2 Å². The summed E-state index contributed by atoms with van der Waals surface area (Å²) in [4.78, 5) is 0.